The van der Waals surface area contributed by atoms with Gasteiger partial charge in [-0.25, -0.2) is 4.79 Å². The molecular weight excluding hydrogens is 382 g/mol. The van der Waals surface area contributed by atoms with E-state index >= 15 is 0 Å². The Morgan fingerprint density at radius 3 is 2.57 bits per heavy atom. The van der Waals surface area contributed by atoms with Crippen LogP contribution in [-0.4, -0.2) is 56.9 Å². The minimum atomic E-state index is -1.02. The zero-order valence-corrected chi connectivity index (χ0v) is 17.3. The third-order valence-electron chi connectivity index (χ3n) is 4.10. The van der Waals surface area contributed by atoms with Gasteiger partial charge in [0.05, 0.1) is 6.61 Å². The molecule has 1 saturated heterocycles. The summed E-state index contributed by atoms with van der Waals surface area (Å²) in [5, 5.41) is 3.95. The van der Waals surface area contributed by atoms with E-state index in [2.05, 4.69) is 10.1 Å². The van der Waals surface area contributed by atoms with Gasteiger partial charge in [-0.05, 0) is 45.0 Å². The van der Waals surface area contributed by atoms with E-state index in [1.54, 1.807) is 23.3 Å². The zero-order chi connectivity index (χ0) is 20.3. The number of carbonyl (C=O) groups excluding carboxylic acids is 1. The van der Waals surface area contributed by atoms with Crippen LogP contribution < -0.4 is 0 Å². The largest absolute Gasteiger partial charge is 0.444 e. The third kappa shape index (κ3) is 5.39. The Morgan fingerprint density at radius 2 is 1.96 bits per heavy atom. The zero-order valence-electron chi connectivity index (χ0n) is 16.5. The highest BCUT2D eigenvalue weighted by Crippen LogP contribution is 2.21. The van der Waals surface area contributed by atoms with Gasteiger partial charge in [0.25, 0.3) is 5.89 Å². The second-order valence-electron chi connectivity index (χ2n) is 7.76. The van der Waals surface area contributed by atoms with Gasteiger partial charge in [-0.3, -0.25) is 4.21 Å². The van der Waals surface area contributed by atoms with Crippen LogP contribution in [-0.2, 0) is 26.9 Å². The lowest BCUT2D eigenvalue weighted by Gasteiger charge is -2.39. The Bertz CT molecular complexity index is 838. The van der Waals surface area contributed by atoms with E-state index in [4.69, 9.17) is 14.0 Å². The fraction of sp³-hybridized carbons (Fsp3) is 0.526. The van der Waals surface area contributed by atoms with Crippen LogP contribution in [0.25, 0.3) is 11.4 Å². The minimum absolute atomic E-state index is 0.215. The number of likely N-dealkylation sites (tertiary alicyclic amines) is 1. The summed E-state index contributed by atoms with van der Waals surface area (Å²) in [6.07, 6.45) is 1.34. The predicted octanol–water partition coefficient (Wildman–Crippen LogP) is 2.86. The van der Waals surface area contributed by atoms with Crippen molar-refractivity contribution < 1.29 is 23.0 Å². The van der Waals surface area contributed by atoms with Crippen molar-refractivity contribution in [2.45, 2.75) is 37.9 Å². The van der Waals surface area contributed by atoms with Crippen LogP contribution in [0.4, 0.5) is 4.79 Å². The molecule has 1 unspecified atom stereocenters. The molecule has 152 valence electrons. The Kier molecular flexibility index (Phi) is 6.14. The van der Waals surface area contributed by atoms with Crippen molar-refractivity contribution in [2.24, 2.45) is 5.92 Å². The Hall–Kier alpha value is -2.26. The number of aromatic nitrogens is 2. The number of carbonyl (C=O) groups is 1. The molecule has 3 rings (SSSR count). The molecule has 1 fully saturated rings. The second-order valence-corrected chi connectivity index (χ2v) is 9.14. The van der Waals surface area contributed by atoms with E-state index in [0.29, 0.717) is 31.4 Å². The Balaban J connectivity index is 1.41. The summed E-state index contributed by atoms with van der Waals surface area (Å²) in [6, 6.07) is 7.19. The van der Waals surface area contributed by atoms with Gasteiger partial charge in [0, 0.05) is 46.5 Å². The number of ether oxygens (including phenoxy) is 2. The van der Waals surface area contributed by atoms with Gasteiger partial charge in [-0.15, -0.1) is 0 Å². The Labute approximate surface area is 166 Å². The molecule has 1 aliphatic rings. The number of hydrogen-bond acceptors (Lipinski definition) is 7. The maximum absolute atomic E-state index is 11.9. The fourth-order valence-corrected chi connectivity index (χ4v) is 3.21. The molecule has 1 aromatic carbocycles. The highest BCUT2D eigenvalue weighted by molar-refractivity contribution is 7.84. The molecule has 0 saturated carbocycles. The summed E-state index contributed by atoms with van der Waals surface area (Å²) < 4.78 is 27.6. The van der Waals surface area contributed by atoms with Gasteiger partial charge in [0.2, 0.25) is 5.82 Å². The van der Waals surface area contributed by atoms with Crippen LogP contribution in [0.15, 0.2) is 33.7 Å². The summed E-state index contributed by atoms with van der Waals surface area (Å²) in [6.45, 7) is 7.51. The molecule has 1 aliphatic heterocycles. The first-order chi connectivity index (χ1) is 13.2. The summed E-state index contributed by atoms with van der Waals surface area (Å²) in [5.41, 5.74) is 0.304. The van der Waals surface area contributed by atoms with Gasteiger partial charge in [-0.2, -0.15) is 4.98 Å². The van der Waals surface area contributed by atoms with E-state index in [0.717, 1.165) is 10.5 Å². The van der Waals surface area contributed by atoms with Crippen molar-refractivity contribution >= 4 is 16.9 Å². The highest BCUT2D eigenvalue weighted by atomic mass is 32.2. The van der Waals surface area contributed by atoms with Crippen LogP contribution in [0.1, 0.15) is 26.7 Å². The van der Waals surface area contributed by atoms with Gasteiger partial charge in [0.1, 0.15) is 12.2 Å². The quantitative estimate of drug-likeness (QED) is 0.726. The van der Waals surface area contributed by atoms with Crippen molar-refractivity contribution in [1.29, 1.82) is 0 Å². The van der Waals surface area contributed by atoms with Crippen LogP contribution in [0.2, 0.25) is 0 Å². The standard InChI is InChI=1S/C19H25N3O5S/c1-19(2,3)26-18(23)22-9-13(10-22)11-25-12-16-20-17(21-27-16)14-5-7-15(8-6-14)28(4)24/h5-8,13H,9-12H2,1-4H3. The maximum Gasteiger partial charge on any atom is 0.410 e. The molecule has 8 nitrogen and oxygen atoms in total. The van der Waals surface area contributed by atoms with E-state index in [1.807, 2.05) is 32.9 Å². The van der Waals surface area contributed by atoms with Crippen molar-refractivity contribution in [3.05, 3.63) is 30.2 Å². The number of amides is 1. The molecule has 28 heavy (non-hydrogen) atoms. The van der Waals surface area contributed by atoms with E-state index in [9.17, 15) is 9.00 Å². The highest BCUT2D eigenvalue weighted by Gasteiger charge is 2.33. The molecule has 0 spiro atoms. The lowest BCUT2D eigenvalue weighted by Crippen LogP contribution is -2.53. The average molecular weight is 407 g/mol. The number of rotatable bonds is 6. The first-order valence-electron chi connectivity index (χ1n) is 9.03. The molecule has 0 aliphatic carbocycles. The molecule has 1 amide bonds. The number of hydrogen-bond donors (Lipinski definition) is 0. The summed E-state index contributed by atoms with van der Waals surface area (Å²) >= 11 is 0. The monoisotopic (exact) mass is 407 g/mol. The van der Waals surface area contributed by atoms with E-state index in [1.165, 1.54) is 0 Å². The van der Waals surface area contributed by atoms with Gasteiger partial charge < -0.3 is 18.9 Å². The summed E-state index contributed by atoms with van der Waals surface area (Å²) in [4.78, 5) is 18.6. The predicted molar refractivity (Wildman–Crippen MR) is 103 cm³/mol. The molecule has 1 atom stereocenters. The third-order valence-corrected chi connectivity index (χ3v) is 5.04. The van der Waals surface area contributed by atoms with Crippen LogP contribution in [0, 0.1) is 5.92 Å². The average Bonchev–Trinajstić information content (AvgIpc) is 3.04. The first kappa shape index (κ1) is 20.5. The molecule has 2 heterocycles. The molecule has 9 heteroatoms. The van der Waals surface area contributed by atoms with Crippen LogP contribution >= 0.6 is 0 Å². The van der Waals surface area contributed by atoms with Crippen LogP contribution in [0.3, 0.4) is 0 Å². The minimum Gasteiger partial charge on any atom is -0.444 e. The SMILES string of the molecule is CS(=O)c1ccc(-c2noc(COCC3CN(C(=O)OC(C)(C)C)C3)n2)cc1. The molecule has 0 bridgehead atoms. The van der Waals surface area contributed by atoms with Crippen LogP contribution in [0.5, 0.6) is 0 Å². The molecule has 1 aromatic heterocycles. The smallest absolute Gasteiger partial charge is 0.410 e. The van der Waals surface area contributed by atoms with Crippen molar-refractivity contribution in [1.82, 2.24) is 15.0 Å². The lowest BCUT2D eigenvalue weighted by atomic mass is 10.0. The van der Waals surface area contributed by atoms with Gasteiger partial charge in [0.15, 0.2) is 0 Å². The summed E-state index contributed by atoms with van der Waals surface area (Å²) in [7, 11) is -1.02. The van der Waals surface area contributed by atoms with Gasteiger partial charge in [-0.1, -0.05) is 5.16 Å². The van der Waals surface area contributed by atoms with Crippen molar-refractivity contribution in [3.63, 3.8) is 0 Å². The topological polar surface area (TPSA) is 94.8 Å². The molecule has 0 radical (unpaired) electrons. The van der Waals surface area contributed by atoms with E-state index < -0.39 is 16.4 Å². The first-order valence-corrected chi connectivity index (χ1v) is 10.6. The second kappa shape index (κ2) is 8.40. The molecular formula is C19H25N3O5S. The van der Waals surface area contributed by atoms with E-state index in [-0.39, 0.29) is 18.6 Å². The van der Waals surface area contributed by atoms with Crippen molar-refractivity contribution in [2.75, 3.05) is 26.0 Å². The molecule has 0 N–H and O–H groups in total. The maximum atomic E-state index is 11.9. The number of benzene rings is 1. The molecule has 2 aromatic rings. The van der Waals surface area contributed by atoms with Crippen molar-refractivity contribution in [3.8, 4) is 11.4 Å². The lowest BCUT2D eigenvalue weighted by molar-refractivity contribution is -0.0253. The summed E-state index contributed by atoms with van der Waals surface area (Å²) in [5.74, 6) is 1.13. The number of nitrogens with zero attached hydrogens (tertiary/aromatic N) is 3. The van der Waals surface area contributed by atoms with Gasteiger partial charge >= 0.3 is 6.09 Å². The Morgan fingerprint density at radius 1 is 1.29 bits per heavy atom. The fourth-order valence-electron chi connectivity index (χ4n) is 2.69. The normalized spacial score (nSPS) is 15.9.